The van der Waals surface area contributed by atoms with Crippen LogP contribution in [-0.4, -0.2) is 33.8 Å². The van der Waals surface area contributed by atoms with Crippen molar-refractivity contribution in [3.05, 3.63) is 65.7 Å². The van der Waals surface area contributed by atoms with Crippen LogP contribution in [-0.2, 0) is 0 Å². The minimum absolute atomic E-state index is 0.0242. The fraction of sp³-hybridized carbons (Fsp3) is 0.235. The molecule has 0 spiro atoms. The third-order valence-corrected chi connectivity index (χ3v) is 4.26. The fourth-order valence-electron chi connectivity index (χ4n) is 2.97. The zero-order valence-corrected chi connectivity index (χ0v) is 13.5. The third-order valence-electron chi connectivity index (χ3n) is 4.26. The van der Waals surface area contributed by atoms with Crippen LogP contribution in [0.4, 0.5) is 22.4 Å². The number of hydrogen-bond donors (Lipinski definition) is 3. The first kappa shape index (κ1) is 18.8. The molecule has 3 rings (SSSR count). The Morgan fingerprint density at radius 2 is 1.85 bits per heavy atom. The van der Waals surface area contributed by atoms with Crippen molar-refractivity contribution in [1.29, 1.82) is 0 Å². The second-order valence-electron chi connectivity index (χ2n) is 5.98. The average Bonchev–Trinajstić information content (AvgIpc) is 2.61. The Kier molecular flexibility index (Phi) is 4.60. The first-order valence-electron chi connectivity index (χ1n) is 7.71. The maximum Gasteiger partial charge on any atom is 0.437 e. The van der Waals surface area contributed by atoms with Crippen molar-refractivity contribution < 1.29 is 32.3 Å². The predicted molar refractivity (Wildman–Crippen MR) is 83.9 cm³/mol. The van der Waals surface area contributed by atoms with Crippen LogP contribution in [0.5, 0.6) is 0 Å². The quantitative estimate of drug-likeness (QED) is 0.561. The first-order chi connectivity index (χ1) is 12.6. The lowest BCUT2D eigenvalue weighted by atomic mass is 9.77. The van der Waals surface area contributed by atoms with Crippen molar-refractivity contribution in [2.24, 2.45) is 5.92 Å². The molecule has 0 aliphatic carbocycles. The summed E-state index contributed by atoms with van der Waals surface area (Å²) >= 11 is 0. The van der Waals surface area contributed by atoms with Crippen LogP contribution in [0.1, 0.15) is 22.0 Å². The van der Waals surface area contributed by atoms with Gasteiger partial charge >= 0.3 is 12.2 Å². The minimum atomic E-state index is -5.36. The van der Waals surface area contributed by atoms with E-state index in [9.17, 15) is 32.3 Å². The molecular formula is C17H13F4N3O3. The van der Waals surface area contributed by atoms with E-state index >= 15 is 0 Å². The molecule has 1 aliphatic heterocycles. The van der Waals surface area contributed by atoms with Crippen molar-refractivity contribution in [2.75, 3.05) is 0 Å². The second-order valence-corrected chi connectivity index (χ2v) is 5.98. The largest absolute Gasteiger partial charge is 0.437 e. The minimum Gasteiger partial charge on any atom is -0.363 e. The lowest BCUT2D eigenvalue weighted by Crippen LogP contribution is -2.72. The molecular weight excluding hydrogens is 370 g/mol. The van der Waals surface area contributed by atoms with Crippen LogP contribution >= 0.6 is 0 Å². The molecule has 6 nitrogen and oxygen atoms in total. The van der Waals surface area contributed by atoms with Crippen LogP contribution < -0.4 is 10.6 Å². The van der Waals surface area contributed by atoms with E-state index in [1.54, 1.807) is 0 Å². The number of carbonyl (C=O) groups is 2. The molecule has 2 aromatic rings. The zero-order chi connectivity index (χ0) is 19.8. The number of aromatic nitrogens is 1. The van der Waals surface area contributed by atoms with Gasteiger partial charge in [0.15, 0.2) is 5.78 Å². The summed E-state index contributed by atoms with van der Waals surface area (Å²) in [5.41, 5.74) is -3.99. The van der Waals surface area contributed by atoms with Gasteiger partial charge in [-0.25, -0.2) is 9.18 Å². The number of Topliss-reactive ketones (excluding diaryl/α,β-unsaturated/α-hetero) is 1. The lowest BCUT2D eigenvalue weighted by Gasteiger charge is -2.45. The number of ketones is 1. The molecule has 2 heterocycles. The highest BCUT2D eigenvalue weighted by Crippen LogP contribution is 2.43. The van der Waals surface area contributed by atoms with Crippen molar-refractivity contribution in [3.63, 3.8) is 0 Å². The Balaban J connectivity index is 2.15. The Morgan fingerprint density at radius 3 is 2.41 bits per heavy atom. The molecule has 1 aromatic heterocycles. The van der Waals surface area contributed by atoms with Gasteiger partial charge in [0.1, 0.15) is 11.7 Å². The summed E-state index contributed by atoms with van der Waals surface area (Å²) in [5.74, 6) is -3.92. The van der Waals surface area contributed by atoms with Crippen LogP contribution in [0.2, 0.25) is 0 Å². The standard InChI is InChI=1S/C17H13F4N3O3/c18-11-5-3-9(4-6-11)13-12(14(25)10-2-1-7-22-8-10)16(27,17(19,20)21)24-15(26)23-13/h1-8,12-13,27H,(H2,23,24,26)/t12-,13+,16+/m0/s1. The van der Waals surface area contributed by atoms with E-state index in [1.165, 1.54) is 23.6 Å². The van der Waals surface area contributed by atoms with E-state index in [0.717, 1.165) is 30.5 Å². The van der Waals surface area contributed by atoms with Gasteiger partial charge in [0.25, 0.3) is 0 Å². The molecule has 0 unspecified atom stereocenters. The molecule has 2 amide bonds. The van der Waals surface area contributed by atoms with E-state index < -0.39 is 41.5 Å². The summed E-state index contributed by atoms with van der Waals surface area (Å²) < 4.78 is 54.2. The number of pyridine rings is 1. The summed E-state index contributed by atoms with van der Waals surface area (Å²) in [6.07, 6.45) is -2.98. The predicted octanol–water partition coefficient (Wildman–Crippen LogP) is 2.32. The summed E-state index contributed by atoms with van der Waals surface area (Å²) in [4.78, 5) is 28.3. The summed E-state index contributed by atoms with van der Waals surface area (Å²) in [7, 11) is 0. The van der Waals surface area contributed by atoms with Gasteiger partial charge in [0.2, 0.25) is 5.72 Å². The molecule has 1 aromatic carbocycles. The van der Waals surface area contributed by atoms with E-state index in [0.29, 0.717) is 0 Å². The smallest absolute Gasteiger partial charge is 0.363 e. The number of hydrogen-bond acceptors (Lipinski definition) is 4. The van der Waals surface area contributed by atoms with Crippen molar-refractivity contribution in [2.45, 2.75) is 17.9 Å². The Hall–Kier alpha value is -3.01. The van der Waals surface area contributed by atoms with Gasteiger partial charge < -0.3 is 15.7 Å². The van der Waals surface area contributed by atoms with Gasteiger partial charge in [-0.05, 0) is 29.8 Å². The average molecular weight is 383 g/mol. The summed E-state index contributed by atoms with van der Waals surface area (Å²) in [5, 5.41) is 14.0. The number of nitrogens with zero attached hydrogens (tertiary/aromatic N) is 1. The lowest BCUT2D eigenvalue weighted by molar-refractivity contribution is -0.287. The number of aliphatic hydroxyl groups is 1. The third kappa shape index (κ3) is 3.35. The molecule has 27 heavy (non-hydrogen) atoms. The number of nitrogens with one attached hydrogen (secondary N) is 2. The topological polar surface area (TPSA) is 91.3 Å². The molecule has 1 saturated heterocycles. The van der Waals surface area contributed by atoms with Crippen LogP contribution in [0.25, 0.3) is 0 Å². The Labute approximate surface area is 150 Å². The molecule has 10 heteroatoms. The monoisotopic (exact) mass is 383 g/mol. The highest BCUT2D eigenvalue weighted by molar-refractivity contribution is 6.00. The van der Waals surface area contributed by atoms with Crippen LogP contribution in [0.15, 0.2) is 48.8 Å². The first-order valence-corrected chi connectivity index (χ1v) is 7.71. The molecule has 0 saturated carbocycles. The van der Waals surface area contributed by atoms with Crippen LogP contribution in [0.3, 0.4) is 0 Å². The maximum atomic E-state index is 13.7. The van der Waals surface area contributed by atoms with Gasteiger partial charge in [-0.3, -0.25) is 9.78 Å². The highest BCUT2D eigenvalue weighted by Gasteiger charge is 2.66. The molecule has 0 radical (unpaired) electrons. The van der Waals surface area contributed by atoms with Gasteiger partial charge in [-0.1, -0.05) is 12.1 Å². The summed E-state index contributed by atoms with van der Waals surface area (Å²) in [6.45, 7) is 0. The molecule has 1 aliphatic rings. The van der Waals surface area contributed by atoms with E-state index in [-0.39, 0.29) is 11.1 Å². The molecule has 0 bridgehead atoms. The fourth-order valence-corrected chi connectivity index (χ4v) is 2.97. The van der Waals surface area contributed by atoms with Crippen molar-refractivity contribution in [1.82, 2.24) is 15.6 Å². The van der Waals surface area contributed by atoms with Gasteiger partial charge in [0.05, 0.1) is 6.04 Å². The highest BCUT2D eigenvalue weighted by atomic mass is 19.4. The number of amides is 2. The molecule has 3 N–H and O–H groups in total. The number of carbonyl (C=O) groups excluding carboxylic acids is 2. The molecule has 1 fully saturated rings. The summed E-state index contributed by atoms with van der Waals surface area (Å²) in [6, 6.07) is 3.92. The van der Waals surface area contributed by atoms with Crippen molar-refractivity contribution in [3.8, 4) is 0 Å². The molecule has 3 atom stereocenters. The second kappa shape index (κ2) is 6.62. The Morgan fingerprint density at radius 1 is 1.19 bits per heavy atom. The number of urea groups is 1. The zero-order valence-electron chi connectivity index (χ0n) is 13.5. The number of rotatable bonds is 3. The number of alkyl halides is 3. The van der Waals surface area contributed by atoms with E-state index in [4.69, 9.17) is 0 Å². The van der Waals surface area contributed by atoms with E-state index in [2.05, 4.69) is 10.3 Å². The van der Waals surface area contributed by atoms with Gasteiger partial charge in [-0.15, -0.1) is 0 Å². The van der Waals surface area contributed by atoms with Crippen LogP contribution in [0, 0.1) is 11.7 Å². The molecule has 142 valence electrons. The number of benzene rings is 1. The van der Waals surface area contributed by atoms with Crippen molar-refractivity contribution >= 4 is 11.8 Å². The van der Waals surface area contributed by atoms with Gasteiger partial charge in [0, 0.05) is 18.0 Å². The normalized spacial score (nSPS) is 25.4. The maximum absolute atomic E-state index is 13.7. The SMILES string of the molecule is O=C1N[C@H](c2ccc(F)cc2)[C@@H](C(=O)c2cccnc2)[C@@](O)(C(F)(F)F)N1. The van der Waals surface area contributed by atoms with E-state index in [1.807, 2.05) is 0 Å². The van der Waals surface area contributed by atoms with Gasteiger partial charge in [-0.2, -0.15) is 13.2 Å². The number of halogens is 4. The Bertz CT molecular complexity index is 858.